The first-order valence-corrected chi connectivity index (χ1v) is 11.8. The second-order valence-corrected chi connectivity index (χ2v) is 9.13. The zero-order valence-corrected chi connectivity index (χ0v) is 20.5. The van der Waals surface area contributed by atoms with Crippen LogP contribution in [0.5, 0.6) is 5.75 Å². The molecule has 35 heavy (non-hydrogen) atoms. The number of carbonyl (C=O) groups is 1. The van der Waals surface area contributed by atoms with Gasteiger partial charge in [-0.05, 0) is 37.8 Å². The molecular weight excluding hydrogens is 444 g/mol. The van der Waals surface area contributed by atoms with Gasteiger partial charge in [0.05, 0.1) is 23.9 Å². The van der Waals surface area contributed by atoms with Gasteiger partial charge in [-0.3, -0.25) is 14.2 Å². The van der Waals surface area contributed by atoms with Crippen LogP contribution in [-0.2, 0) is 7.05 Å². The largest absolute Gasteiger partial charge is 0.488 e. The Bertz CT molecular complexity index is 1350. The molecule has 0 aromatic carbocycles. The second-order valence-electron chi connectivity index (χ2n) is 9.13. The smallest absolute Gasteiger partial charge is 0.275 e. The molecule has 0 saturated heterocycles. The van der Waals surface area contributed by atoms with Crippen molar-refractivity contribution in [2.75, 3.05) is 26.5 Å². The number of rotatable bonds is 6. The third-order valence-corrected chi connectivity index (χ3v) is 6.49. The minimum absolute atomic E-state index is 0.0262. The molecule has 0 radical (unpaired) electrons. The highest BCUT2D eigenvalue weighted by molar-refractivity contribution is 5.95. The van der Waals surface area contributed by atoms with Crippen molar-refractivity contribution in [2.45, 2.75) is 37.8 Å². The lowest BCUT2D eigenvalue weighted by molar-refractivity contribution is 0.0805. The summed E-state index contributed by atoms with van der Waals surface area (Å²) in [5, 5.41) is 13.5. The van der Waals surface area contributed by atoms with E-state index in [0.29, 0.717) is 11.4 Å². The lowest BCUT2D eigenvalue weighted by atomic mass is 9.93. The van der Waals surface area contributed by atoms with Crippen LogP contribution in [-0.4, -0.2) is 67.6 Å². The van der Waals surface area contributed by atoms with E-state index < -0.39 is 0 Å². The third kappa shape index (κ3) is 4.43. The number of nitrogens with zero attached hydrogens (tertiary/aromatic N) is 7. The summed E-state index contributed by atoms with van der Waals surface area (Å²) < 4.78 is 10.2. The zero-order valence-electron chi connectivity index (χ0n) is 20.5. The van der Waals surface area contributed by atoms with Crippen LogP contribution in [0.1, 0.15) is 42.2 Å². The van der Waals surface area contributed by atoms with Crippen molar-refractivity contribution in [3.63, 3.8) is 0 Å². The fourth-order valence-corrected chi connectivity index (χ4v) is 4.65. The number of aryl methyl sites for hydroxylation is 1. The number of ether oxygens (including phenoxy) is 1. The van der Waals surface area contributed by atoms with Gasteiger partial charge in [0, 0.05) is 63.8 Å². The van der Waals surface area contributed by atoms with Crippen molar-refractivity contribution >= 4 is 22.6 Å². The Kier molecular flexibility index (Phi) is 6.10. The fraction of sp³-hybridized carbons (Fsp3) is 0.400. The van der Waals surface area contributed by atoms with Gasteiger partial charge in [-0.1, -0.05) is 0 Å². The van der Waals surface area contributed by atoms with Crippen molar-refractivity contribution < 1.29 is 9.53 Å². The Labute approximate surface area is 203 Å². The molecule has 10 heteroatoms. The maximum absolute atomic E-state index is 12.5. The summed E-state index contributed by atoms with van der Waals surface area (Å²) in [6.07, 6.45) is 10.9. The number of aromatic nitrogens is 6. The van der Waals surface area contributed by atoms with Gasteiger partial charge in [-0.2, -0.15) is 10.2 Å². The third-order valence-electron chi connectivity index (χ3n) is 6.49. The monoisotopic (exact) mass is 474 g/mol. The molecule has 4 aromatic rings. The van der Waals surface area contributed by atoms with Crippen LogP contribution >= 0.6 is 0 Å². The normalized spacial score (nSPS) is 17.9. The molecule has 10 nitrogen and oxygen atoms in total. The van der Waals surface area contributed by atoms with Gasteiger partial charge < -0.3 is 15.0 Å². The van der Waals surface area contributed by atoms with Crippen LogP contribution < -0.4 is 10.1 Å². The molecule has 0 aliphatic heterocycles. The lowest BCUT2D eigenvalue weighted by Gasteiger charge is -2.30. The standard InChI is InChI=1S/C25H30N8O2/c1-26-22-12-20-19(14-28-22)23(16-13-29-32(4)15-16)30-33(20)17-7-9-18(10-8-17)35-21-6-5-11-27-24(21)25(34)31(2)3/h5-6,11-15,17-18H,7-10H2,1-4H3,(H,26,28)/t17-,18+. The number of fused-ring (bicyclic) bond motifs is 1. The van der Waals surface area contributed by atoms with E-state index in [1.807, 2.05) is 38.8 Å². The summed E-state index contributed by atoms with van der Waals surface area (Å²) >= 11 is 0. The van der Waals surface area contributed by atoms with Gasteiger partial charge in [-0.15, -0.1) is 0 Å². The summed E-state index contributed by atoms with van der Waals surface area (Å²) in [6, 6.07) is 5.92. The first-order chi connectivity index (χ1) is 16.9. The molecule has 1 aliphatic rings. The van der Waals surface area contributed by atoms with Crippen LogP contribution in [0.3, 0.4) is 0 Å². The molecule has 4 heterocycles. The molecule has 1 aliphatic carbocycles. The predicted octanol–water partition coefficient (Wildman–Crippen LogP) is 3.53. The van der Waals surface area contributed by atoms with E-state index >= 15 is 0 Å². The first kappa shape index (κ1) is 22.8. The van der Waals surface area contributed by atoms with Gasteiger partial charge in [0.25, 0.3) is 5.91 Å². The number of carbonyl (C=O) groups excluding carboxylic acids is 1. The van der Waals surface area contributed by atoms with Gasteiger partial charge in [0.15, 0.2) is 11.4 Å². The first-order valence-electron chi connectivity index (χ1n) is 11.8. The van der Waals surface area contributed by atoms with Crippen molar-refractivity contribution in [1.82, 2.24) is 34.4 Å². The average molecular weight is 475 g/mol. The van der Waals surface area contributed by atoms with Crippen LogP contribution in [0.4, 0.5) is 5.82 Å². The van der Waals surface area contributed by atoms with E-state index in [9.17, 15) is 4.79 Å². The number of anilines is 1. The average Bonchev–Trinajstić information content (AvgIpc) is 3.47. The minimum Gasteiger partial charge on any atom is -0.488 e. The van der Waals surface area contributed by atoms with Gasteiger partial charge in [0.2, 0.25) is 0 Å². The van der Waals surface area contributed by atoms with Gasteiger partial charge in [0.1, 0.15) is 11.5 Å². The van der Waals surface area contributed by atoms with Crippen molar-refractivity contribution in [1.29, 1.82) is 0 Å². The summed E-state index contributed by atoms with van der Waals surface area (Å²) in [5.74, 6) is 1.19. The van der Waals surface area contributed by atoms with Crippen LogP contribution in [0, 0.1) is 0 Å². The molecule has 1 amide bonds. The van der Waals surface area contributed by atoms with E-state index in [4.69, 9.17) is 9.84 Å². The maximum Gasteiger partial charge on any atom is 0.275 e. The number of pyridine rings is 2. The van der Waals surface area contributed by atoms with E-state index in [0.717, 1.165) is 53.7 Å². The van der Waals surface area contributed by atoms with Gasteiger partial charge >= 0.3 is 0 Å². The summed E-state index contributed by atoms with van der Waals surface area (Å²) in [7, 11) is 7.21. The fourth-order valence-electron chi connectivity index (χ4n) is 4.65. The molecular formula is C25H30N8O2. The molecule has 0 bridgehead atoms. The summed E-state index contributed by atoms with van der Waals surface area (Å²) in [5.41, 5.74) is 3.27. The summed E-state index contributed by atoms with van der Waals surface area (Å²) in [4.78, 5) is 22.8. The molecule has 182 valence electrons. The number of hydrogen-bond donors (Lipinski definition) is 1. The molecule has 4 aromatic heterocycles. The van der Waals surface area contributed by atoms with Crippen molar-refractivity contribution in [3.8, 4) is 17.0 Å². The molecule has 1 saturated carbocycles. The van der Waals surface area contributed by atoms with Gasteiger partial charge in [-0.25, -0.2) is 9.97 Å². The zero-order chi connectivity index (χ0) is 24.5. The van der Waals surface area contributed by atoms with E-state index in [1.165, 1.54) is 4.90 Å². The molecule has 0 spiro atoms. The van der Waals surface area contributed by atoms with Crippen LogP contribution in [0.25, 0.3) is 22.2 Å². The number of hydrogen-bond acceptors (Lipinski definition) is 7. The highest BCUT2D eigenvalue weighted by Crippen LogP contribution is 2.36. The Morgan fingerprint density at radius 2 is 1.97 bits per heavy atom. The maximum atomic E-state index is 12.5. The Morgan fingerprint density at radius 1 is 1.17 bits per heavy atom. The Morgan fingerprint density at radius 3 is 2.66 bits per heavy atom. The van der Waals surface area contributed by atoms with Crippen LogP contribution in [0.2, 0.25) is 0 Å². The number of nitrogens with one attached hydrogen (secondary N) is 1. The Balaban J connectivity index is 1.38. The molecule has 1 N–H and O–H groups in total. The quantitative estimate of drug-likeness (QED) is 0.456. The topological polar surface area (TPSA) is 103 Å². The Hall–Kier alpha value is -3.95. The van der Waals surface area contributed by atoms with Crippen molar-refractivity contribution in [2.24, 2.45) is 7.05 Å². The SMILES string of the molecule is CNc1cc2c(cn1)c(-c1cnn(C)c1)nn2[C@H]1CC[C@@H](Oc2cccnc2C(=O)N(C)C)CC1. The predicted molar refractivity (Wildman–Crippen MR) is 133 cm³/mol. The molecule has 1 fully saturated rings. The van der Waals surface area contributed by atoms with E-state index in [1.54, 1.807) is 31.0 Å². The molecule has 0 unspecified atom stereocenters. The highest BCUT2D eigenvalue weighted by atomic mass is 16.5. The highest BCUT2D eigenvalue weighted by Gasteiger charge is 2.28. The molecule has 5 rings (SSSR count). The molecule has 0 atom stereocenters. The minimum atomic E-state index is -0.158. The lowest BCUT2D eigenvalue weighted by Crippen LogP contribution is -2.28. The number of amides is 1. The van der Waals surface area contributed by atoms with Crippen LogP contribution in [0.15, 0.2) is 43.0 Å². The summed E-state index contributed by atoms with van der Waals surface area (Å²) in [6.45, 7) is 0. The van der Waals surface area contributed by atoms with E-state index in [-0.39, 0.29) is 18.1 Å². The van der Waals surface area contributed by atoms with Crippen molar-refractivity contribution in [3.05, 3.63) is 48.7 Å². The van der Waals surface area contributed by atoms with E-state index in [2.05, 4.69) is 31.1 Å². The second kappa shape index (κ2) is 9.36.